The second-order valence-electron chi connectivity index (χ2n) is 6.82. The van der Waals surface area contributed by atoms with Gasteiger partial charge in [0.2, 0.25) is 5.13 Å². The van der Waals surface area contributed by atoms with Crippen LogP contribution in [0.25, 0.3) is 0 Å². The van der Waals surface area contributed by atoms with E-state index in [1.807, 2.05) is 30.5 Å². The van der Waals surface area contributed by atoms with E-state index in [1.165, 1.54) is 11.3 Å². The molecule has 1 aromatic carbocycles. The maximum atomic E-state index is 12.7. The highest BCUT2D eigenvalue weighted by Gasteiger charge is 2.40. The number of piperidine rings is 1. The number of anilines is 1. The minimum Gasteiger partial charge on any atom is -0.303 e. The van der Waals surface area contributed by atoms with Crippen molar-refractivity contribution >= 4 is 22.7 Å². The molecule has 1 fully saturated rings. The number of hydrogen-bond donors (Lipinski definition) is 1. The van der Waals surface area contributed by atoms with E-state index >= 15 is 0 Å². The molecule has 146 valence electrons. The molecule has 3 rings (SSSR count). The number of hydrazone groups is 1. The Morgan fingerprint density at radius 1 is 1.33 bits per heavy atom. The average molecular weight is 396 g/mol. The zero-order chi connectivity index (χ0) is 19.3. The van der Waals surface area contributed by atoms with Gasteiger partial charge < -0.3 is 4.90 Å². The largest absolute Gasteiger partial charge is 0.391 e. The van der Waals surface area contributed by atoms with Crippen LogP contribution in [0.5, 0.6) is 0 Å². The summed E-state index contributed by atoms with van der Waals surface area (Å²) in [6.45, 7) is 3.74. The van der Waals surface area contributed by atoms with E-state index in [9.17, 15) is 13.2 Å². The molecule has 0 aliphatic carbocycles. The number of rotatable bonds is 6. The Balaban J connectivity index is 1.47. The summed E-state index contributed by atoms with van der Waals surface area (Å²) >= 11 is 1.50. The highest BCUT2D eigenvalue weighted by atomic mass is 32.1. The predicted octanol–water partition coefficient (Wildman–Crippen LogP) is 4.71. The molecule has 0 spiro atoms. The van der Waals surface area contributed by atoms with Crippen molar-refractivity contribution < 1.29 is 13.2 Å². The molecule has 2 heterocycles. The van der Waals surface area contributed by atoms with Gasteiger partial charge in [-0.3, -0.25) is 5.43 Å². The molecule has 0 bridgehead atoms. The first-order valence-electron chi connectivity index (χ1n) is 8.99. The predicted molar refractivity (Wildman–Crippen MR) is 103 cm³/mol. The first kappa shape index (κ1) is 19.8. The van der Waals surface area contributed by atoms with Gasteiger partial charge in [-0.15, -0.1) is 11.3 Å². The molecule has 27 heavy (non-hydrogen) atoms. The van der Waals surface area contributed by atoms with Gasteiger partial charge in [0, 0.05) is 11.9 Å². The smallest absolute Gasteiger partial charge is 0.303 e. The van der Waals surface area contributed by atoms with Crippen LogP contribution >= 0.6 is 11.3 Å². The monoisotopic (exact) mass is 396 g/mol. The van der Waals surface area contributed by atoms with Gasteiger partial charge in [0.15, 0.2) is 0 Å². The average Bonchev–Trinajstić information content (AvgIpc) is 3.05. The van der Waals surface area contributed by atoms with Gasteiger partial charge in [-0.2, -0.15) is 18.3 Å². The molecule has 1 N–H and O–H groups in total. The van der Waals surface area contributed by atoms with E-state index in [4.69, 9.17) is 0 Å². The van der Waals surface area contributed by atoms with Crippen LogP contribution in [-0.2, 0) is 6.42 Å². The molecule has 0 saturated carbocycles. The maximum Gasteiger partial charge on any atom is 0.391 e. The third kappa shape index (κ3) is 6.04. The number of alkyl halides is 3. The van der Waals surface area contributed by atoms with Gasteiger partial charge in [-0.1, -0.05) is 24.3 Å². The molecule has 4 nitrogen and oxygen atoms in total. The Morgan fingerprint density at radius 3 is 2.78 bits per heavy atom. The van der Waals surface area contributed by atoms with Crippen molar-refractivity contribution in [3.05, 3.63) is 46.5 Å². The third-order valence-corrected chi connectivity index (χ3v) is 5.58. The molecule has 1 saturated heterocycles. The van der Waals surface area contributed by atoms with Gasteiger partial charge in [0.25, 0.3) is 0 Å². The van der Waals surface area contributed by atoms with E-state index in [-0.39, 0.29) is 12.8 Å². The van der Waals surface area contributed by atoms with Crippen LogP contribution in [0.1, 0.15) is 29.7 Å². The molecule has 8 heteroatoms. The molecule has 2 aromatic rings. The second kappa shape index (κ2) is 8.84. The van der Waals surface area contributed by atoms with Gasteiger partial charge in [0.05, 0.1) is 17.8 Å². The highest BCUT2D eigenvalue weighted by Crippen LogP contribution is 2.34. The van der Waals surface area contributed by atoms with E-state index in [2.05, 4.69) is 26.5 Å². The van der Waals surface area contributed by atoms with Crippen LogP contribution in [0.3, 0.4) is 0 Å². The van der Waals surface area contributed by atoms with Crippen molar-refractivity contribution in [1.82, 2.24) is 9.88 Å². The molecule has 0 atom stereocenters. The zero-order valence-corrected chi connectivity index (χ0v) is 16.0. The summed E-state index contributed by atoms with van der Waals surface area (Å²) in [5.41, 5.74) is 6.00. The molecule has 1 aliphatic heterocycles. The lowest BCUT2D eigenvalue weighted by molar-refractivity contribution is -0.185. The van der Waals surface area contributed by atoms with Crippen molar-refractivity contribution in [2.75, 3.05) is 25.1 Å². The summed E-state index contributed by atoms with van der Waals surface area (Å²) in [6.07, 6.45) is -1.08. The summed E-state index contributed by atoms with van der Waals surface area (Å²) in [4.78, 5) is 6.40. The van der Waals surface area contributed by atoms with E-state index in [0.717, 1.165) is 34.9 Å². The van der Waals surface area contributed by atoms with Crippen molar-refractivity contribution in [2.45, 2.75) is 32.4 Å². The molecule has 0 radical (unpaired) electrons. The van der Waals surface area contributed by atoms with Crippen molar-refractivity contribution in [2.24, 2.45) is 11.0 Å². The maximum absolute atomic E-state index is 12.7. The van der Waals surface area contributed by atoms with Gasteiger partial charge in [-0.25, -0.2) is 4.98 Å². The minimum atomic E-state index is -4.05. The number of likely N-dealkylation sites (tertiary alicyclic amines) is 1. The topological polar surface area (TPSA) is 40.5 Å². The van der Waals surface area contributed by atoms with Crippen LogP contribution in [0.4, 0.5) is 18.3 Å². The quantitative estimate of drug-likeness (QED) is 0.568. The molecular weight excluding hydrogens is 373 g/mol. The summed E-state index contributed by atoms with van der Waals surface area (Å²) in [7, 11) is 0. The van der Waals surface area contributed by atoms with Gasteiger partial charge >= 0.3 is 6.18 Å². The minimum absolute atomic E-state index is 0.206. The molecule has 0 amide bonds. The van der Waals surface area contributed by atoms with Crippen LogP contribution in [-0.4, -0.2) is 41.9 Å². The van der Waals surface area contributed by atoms with Crippen LogP contribution in [0, 0.1) is 12.8 Å². The third-order valence-electron chi connectivity index (χ3n) is 4.71. The number of aryl methyl sites for hydroxylation is 1. The Labute approximate surface area is 161 Å². The number of hydrogen-bond acceptors (Lipinski definition) is 5. The molecule has 1 aromatic heterocycles. The molecule has 0 unspecified atom stereocenters. The summed E-state index contributed by atoms with van der Waals surface area (Å²) < 4.78 is 38.2. The first-order valence-corrected chi connectivity index (χ1v) is 9.87. The fourth-order valence-electron chi connectivity index (χ4n) is 3.17. The first-order chi connectivity index (χ1) is 12.9. The molecule has 1 aliphatic rings. The van der Waals surface area contributed by atoms with Crippen molar-refractivity contribution in [3.63, 3.8) is 0 Å². The lowest BCUT2D eigenvalue weighted by atomic mass is 9.96. The SMILES string of the molecule is Cc1csc(NN=Cc2cccc(CCN3CCC(C(F)(F)F)CC3)c2)n1. The van der Waals surface area contributed by atoms with E-state index in [1.54, 1.807) is 6.21 Å². The normalized spacial score (nSPS) is 16.9. The fourth-order valence-corrected chi connectivity index (χ4v) is 3.80. The Morgan fingerprint density at radius 2 is 2.11 bits per heavy atom. The van der Waals surface area contributed by atoms with Crippen LogP contribution in [0.15, 0.2) is 34.7 Å². The lowest BCUT2D eigenvalue weighted by Gasteiger charge is -2.32. The number of nitrogens with one attached hydrogen (secondary N) is 1. The Hall–Kier alpha value is -1.93. The van der Waals surface area contributed by atoms with Crippen molar-refractivity contribution in [1.29, 1.82) is 0 Å². The number of thiazole rings is 1. The summed E-state index contributed by atoms with van der Waals surface area (Å²) in [5.74, 6) is -1.14. The second-order valence-corrected chi connectivity index (χ2v) is 7.67. The number of aromatic nitrogens is 1. The Bertz CT molecular complexity index is 764. The number of benzene rings is 1. The van der Waals surface area contributed by atoms with Gasteiger partial charge in [-0.05, 0) is 50.4 Å². The number of halogens is 3. The lowest BCUT2D eigenvalue weighted by Crippen LogP contribution is -2.39. The van der Waals surface area contributed by atoms with Crippen LogP contribution < -0.4 is 5.43 Å². The van der Waals surface area contributed by atoms with E-state index < -0.39 is 12.1 Å². The number of nitrogens with zero attached hydrogens (tertiary/aromatic N) is 3. The van der Waals surface area contributed by atoms with Gasteiger partial charge in [0.1, 0.15) is 0 Å². The Kier molecular flexibility index (Phi) is 6.49. The zero-order valence-electron chi connectivity index (χ0n) is 15.2. The molecular formula is C19H23F3N4S. The standard InChI is InChI=1S/C19H23F3N4S/c1-14-13-27-18(24-14)25-23-12-16-4-2-3-15(11-16)5-8-26-9-6-17(7-10-26)19(20,21)22/h2-4,11-13,17H,5-10H2,1H3,(H,24,25). The highest BCUT2D eigenvalue weighted by molar-refractivity contribution is 7.13. The van der Waals surface area contributed by atoms with Crippen LogP contribution in [0.2, 0.25) is 0 Å². The summed E-state index contributed by atoms with van der Waals surface area (Å²) in [6, 6.07) is 8.04. The van der Waals surface area contributed by atoms with E-state index in [0.29, 0.717) is 13.1 Å². The van der Waals surface area contributed by atoms with Crippen molar-refractivity contribution in [3.8, 4) is 0 Å². The fraction of sp³-hybridized carbons (Fsp3) is 0.474. The summed E-state index contributed by atoms with van der Waals surface area (Å²) in [5, 5.41) is 6.91.